The minimum atomic E-state index is -0.242. The average molecular weight is 274 g/mol. The van der Waals surface area contributed by atoms with Crippen molar-refractivity contribution in [1.29, 1.82) is 0 Å². The van der Waals surface area contributed by atoms with Crippen molar-refractivity contribution in [2.24, 2.45) is 0 Å². The van der Waals surface area contributed by atoms with E-state index in [1.807, 2.05) is 22.6 Å². The van der Waals surface area contributed by atoms with Gasteiger partial charge in [0, 0.05) is 9.77 Å². The molecule has 4 heteroatoms. The van der Waals surface area contributed by atoms with E-state index >= 15 is 0 Å². The van der Waals surface area contributed by atoms with Gasteiger partial charge in [0.2, 0.25) is 0 Å². The maximum atomic E-state index is 13.3. The summed E-state index contributed by atoms with van der Waals surface area (Å²) < 4.78 is 13.9. The van der Waals surface area contributed by atoms with Crippen molar-refractivity contribution in [3.8, 4) is 0 Å². The molecule has 0 bridgehead atoms. The predicted molar refractivity (Wildman–Crippen MR) is 52.2 cm³/mol. The Morgan fingerprint density at radius 3 is 3.00 bits per heavy atom. The van der Waals surface area contributed by atoms with Gasteiger partial charge in [0.1, 0.15) is 12.1 Å². The van der Waals surface area contributed by atoms with E-state index < -0.39 is 0 Å². The summed E-state index contributed by atoms with van der Waals surface area (Å²) in [5.74, 6) is -0.242. The Labute approximate surface area is 82.0 Å². The molecule has 0 atom stereocenters. The van der Waals surface area contributed by atoms with Gasteiger partial charge in [0.15, 0.2) is 0 Å². The monoisotopic (exact) mass is 274 g/mol. The fourth-order valence-electron chi connectivity index (χ4n) is 0.995. The predicted octanol–water partition coefficient (Wildman–Crippen LogP) is 2.37. The first-order valence-corrected chi connectivity index (χ1v) is 4.40. The molecule has 12 heavy (non-hydrogen) atoms. The number of hydrogen-bond donors (Lipinski definition) is 0. The zero-order valence-electron chi connectivity index (χ0n) is 5.96. The molecule has 2 nitrogen and oxygen atoms in total. The van der Waals surface area contributed by atoms with Gasteiger partial charge in [-0.3, -0.25) is 0 Å². The summed E-state index contributed by atoms with van der Waals surface area (Å²) in [4.78, 5) is 7.69. The Balaban J connectivity index is 2.91. The van der Waals surface area contributed by atoms with E-state index in [1.54, 1.807) is 12.1 Å². The molecule has 2 aromatic rings. The maximum Gasteiger partial charge on any atom is 0.147 e. The van der Waals surface area contributed by atoms with Gasteiger partial charge in [-0.2, -0.15) is 0 Å². The van der Waals surface area contributed by atoms with Crippen LogP contribution in [0.15, 0.2) is 24.7 Å². The molecule has 2 rings (SSSR count). The number of aromatic nitrogens is 2. The Morgan fingerprint density at radius 1 is 1.33 bits per heavy atom. The fourth-order valence-corrected chi connectivity index (χ4v) is 1.47. The lowest BCUT2D eigenvalue weighted by molar-refractivity contribution is 0.632. The van der Waals surface area contributed by atoms with Crippen LogP contribution in [0, 0.1) is 9.39 Å². The summed E-state index contributed by atoms with van der Waals surface area (Å²) in [5.41, 5.74) is 0.642. The molecule has 0 N–H and O–H groups in total. The zero-order valence-corrected chi connectivity index (χ0v) is 8.12. The summed E-state index contributed by atoms with van der Waals surface area (Å²) in [6.45, 7) is 0. The molecule has 0 unspecified atom stereocenters. The molecule has 0 aliphatic rings. The third-order valence-electron chi connectivity index (χ3n) is 1.58. The molecule has 0 radical (unpaired) electrons. The van der Waals surface area contributed by atoms with E-state index in [9.17, 15) is 4.39 Å². The van der Waals surface area contributed by atoms with Crippen molar-refractivity contribution < 1.29 is 4.39 Å². The molecule has 1 aromatic heterocycles. The number of fused-ring (bicyclic) bond motifs is 1. The van der Waals surface area contributed by atoms with Crippen LogP contribution in [0.3, 0.4) is 0 Å². The smallest absolute Gasteiger partial charge is 0.147 e. The van der Waals surface area contributed by atoms with Gasteiger partial charge in [-0.15, -0.1) is 0 Å². The maximum absolute atomic E-state index is 13.3. The van der Waals surface area contributed by atoms with Crippen LogP contribution in [0.2, 0.25) is 0 Å². The molecule has 0 spiro atoms. The van der Waals surface area contributed by atoms with Crippen molar-refractivity contribution in [1.82, 2.24) is 9.97 Å². The highest BCUT2D eigenvalue weighted by Crippen LogP contribution is 2.19. The molecule has 1 heterocycles. The second kappa shape index (κ2) is 2.93. The van der Waals surface area contributed by atoms with Crippen molar-refractivity contribution in [3.63, 3.8) is 0 Å². The summed E-state index contributed by atoms with van der Waals surface area (Å²) in [6.07, 6.45) is 2.90. The first-order chi connectivity index (χ1) is 5.79. The van der Waals surface area contributed by atoms with Gasteiger partial charge in [-0.05, 0) is 34.7 Å². The molecule has 0 aliphatic carbocycles. The number of benzene rings is 1. The summed E-state index contributed by atoms with van der Waals surface area (Å²) >= 11 is 1.94. The quantitative estimate of drug-likeness (QED) is 0.689. The van der Waals surface area contributed by atoms with Crippen molar-refractivity contribution in [2.75, 3.05) is 0 Å². The largest absolute Gasteiger partial charge is 0.244 e. The van der Waals surface area contributed by atoms with Crippen LogP contribution in [0.5, 0.6) is 0 Å². The van der Waals surface area contributed by atoms with Crippen LogP contribution in [-0.2, 0) is 0 Å². The molecule has 0 amide bonds. The summed E-state index contributed by atoms with van der Waals surface area (Å²) in [7, 11) is 0. The van der Waals surface area contributed by atoms with Crippen molar-refractivity contribution in [2.45, 2.75) is 0 Å². The number of halogens is 2. The number of hydrogen-bond acceptors (Lipinski definition) is 2. The first-order valence-electron chi connectivity index (χ1n) is 3.33. The van der Waals surface area contributed by atoms with Gasteiger partial charge in [0.25, 0.3) is 0 Å². The van der Waals surface area contributed by atoms with Gasteiger partial charge in [-0.25, -0.2) is 14.4 Å². The lowest BCUT2D eigenvalue weighted by Gasteiger charge is -1.98. The highest BCUT2D eigenvalue weighted by atomic mass is 127. The molecule has 0 fully saturated rings. The molecular formula is C8H4FIN2. The molecular weight excluding hydrogens is 270 g/mol. The van der Waals surface area contributed by atoms with Crippen LogP contribution in [0.1, 0.15) is 0 Å². The van der Waals surface area contributed by atoms with E-state index in [1.165, 1.54) is 12.5 Å². The fraction of sp³-hybridized carbons (Fsp3) is 0. The minimum absolute atomic E-state index is 0.242. The van der Waals surface area contributed by atoms with Gasteiger partial charge in [-0.1, -0.05) is 0 Å². The standard InChI is InChI=1S/C8H4FIN2/c9-8-5-3-11-4-12-7(5)2-1-6(8)10/h1-4H. The highest BCUT2D eigenvalue weighted by molar-refractivity contribution is 14.1. The first kappa shape index (κ1) is 7.85. The third-order valence-corrected chi connectivity index (χ3v) is 2.41. The lowest BCUT2D eigenvalue weighted by Crippen LogP contribution is -1.87. The Bertz CT molecular complexity index is 430. The third kappa shape index (κ3) is 1.16. The summed E-state index contributed by atoms with van der Waals surface area (Å²) in [6, 6.07) is 3.48. The zero-order chi connectivity index (χ0) is 8.55. The van der Waals surface area contributed by atoms with E-state index in [0.29, 0.717) is 14.5 Å². The van der Waals surface area contributed by atoms with Gasteiger partial charge < -0.3 is 0 Å². The molecule has 60 valence electrons. The lowest BCUT2D eigenvalue weighted by atomic mass is 10.2. The number of nitrogens with zero attached hydrogens (tertiary/aromatic N) is 2. The van der Waals surface area contributed by atoms with Crippen molar-refractivity contribution in [3.05, 3.63) is 34.0 Å². The van der Waals surface area contributed by atoms with E-state index in [0.717, 1.165) is 0 Å². The second-order valence-electron chi connectivity index (χ2n) is 2.32. The Morgan fingerprint density at radius 2 is 2.17 bits per heavy atom. The topological polar surface area (TPSA) is 25.8 Å². The highest BCUT2D eigenvalue weighted by Gasteiger charge is 2.04. The van der Waals surface area contributed by atoms with Crippen LogP contribution in [-0.4, -0.2) is 9.97 Å². The Hall–Kier alpha value is -0.780. The van der Waals surface area contributed by atoms with Gasteiger partial charge >= 0.3 is 0 Å². The van der Waals surface area contributed by atoms with Gasteiger partial charge in [0.05, 0.1) is 10.9 Å². The van der Waals surface area contributed by atoms with E-state index in [-0.39, 0.29) is 5.82 Å². The second-order valence-corrected chi connectivity index (χ2v) is 3.48. The minimum Gasteiger partial charge on any atom is -0.244 e. The van der Waals surface area contributed by atoms with E-state index in [2.05, 4.69) is 9.97 Å². The Kier molecular flexibility index (Phi) is 1.92. The molecule has 1 aromatic carbocycles. The average Bonchev–Trinajstić information content (AvgIpc) is 2.12. The van der Waals surface area contributed by atoms with E-state index in [4.69, 9.17) is 0 Å². The van der Waals surface area contributed by atoms with Crippen LogP contribution in [0.4, 0.5) is 4.39 Å². The normalized spacial score (nSPS) is 10.5. The van der Waals surface area contributed by atoms with Crippen LogP contribution < -0.4 is 0 Å². The summed E-state index contributed by atoms with van der Waals surface area (Å²) in [5, 5.41) is 0.476. The van der Waals surface area contributed by atoms with Crippen molar-refractivity contribution >= 4 is 33.5 Å². The molecule has 0 saturated heterocycles. The molecule has 0 aliphatic heterocycles. The SMILES string of the molecule is Fc1c(I)ccc2ncncc12. The molecule has 0 saturated carbocycles. The van der Waals surface area contributed by atoms with Crippen LogP contribution >= 0.6 is 22.6 Å². The number of rotatable bonds is 0. The van der Waals surface area contributed by atoms with Crippen LogP contribution in [0.25, 0.3) is 10.9 Å².